The molecule has 1 aliphatic rings. The van der Waals surface area contributed by atoms with E-state index in [1.54, 1.807) is 6.07 Å². The van der Waals surface area contributed by atoms with Gasteiger partial charge in [0.2, 0.25) is 0 Å². The molecule has 1 unspecified atom stereocenters. The third-order valence-electron chi connectivity index (χ3n) is 4.82. The Morgan fingerprint density at radius 1 is 1.36 bits per heavy atom. The summed E-state index contributed by atoms with van der Waals surface area (Å²) in [7, 11) is 0. The number of carbonyl (C=O) groups excluding carboxylic acids is 1. The van der Waals surface area contributed by atoms with E-state index in [-0.39, 0.29) is 6.04 Å². The Kier molecular flexibility index (Phi) is 5.53. The van der Waals surface area contributed by atoms with E-state index in [2.05, 4.69) is 22.1 Å². The largest absolute Gasteiger partial charge is 0.493 e. The Hall–Kier alpha value is -2.15. The van der Waals surface area contributed by atoms with Gasteiger partial charge in [0.15, 0.2) is 0 Å². The summed E-state index contributed by atoms with van der Waals surface area (Å²) in [6.45, 7) is 7.91. The van der Waals surface area contributed by atoms with Crippen LogP contribution >= 0.6 is 0 Å². The summed E-state index contributed by atoms with van der Waals surface area (Å²) in [6.07, 6.45) is 4.34. The zero-order chi connectivity index (χ0) is 17.8. The number of hydrogen-bond donors (Lipinski definition) is 1. The number of nitrogens with zero attached hydrogens (tertiary/aromatic N) is 4. The first-order chi connectivity index (χ1) is 12.1. The summed E-state index contributed by atoms with van der Waals surface area (Å²) in [4.78, 5) is 14.2. The molecule has 7 heteroatoms. The van der Waals surface area contributed by atoms with Crippen LogP contribution in [0.3, 0.4) is 0 Å². The molecule has 7 nitrogen and oxygen atoms in total. The van der Waals surface area contributed by atoms with Crippen LogP contribution in [-0.2, 0) is 0 Å². The lowest BCUT2D eigenvalue weighted by Gasteiger charge is -2.23. The first-order valence-corrected chi connectivity index (χ1v) is 9.18. The first kappa shape index (κ1) is 17.7. The van der Waals surface area contributed by atoms with E-state index >= 15 is 0 Å². The lowest BCUT2D eigenvalue weighted by Crippen LogP contribution is -2.30. The van der Waals surface area contributed by atoms with Crippen molar-refractivity contribution in [3.63, 3.8) is 0 Å². The molecule has 0 radical (unpaired) electrons. The highest BCUT2D eigenvalue weighted by molar-refractivity contribution is 5.99. The van der Waals surface area contributed by atoms with Crippen molar-refractivity contribution in [2.75, 3.05) is 26.2 Å². The molecule has 25 heavy (non-hydrogen) atoms. The maximum absolute atomic E-state index is 11.7. The summed E-state index contributed by atoms with van der Waals surface area (Å²) < 4.78 is 7.75. The van der Waals surface area contributed by atoms with Crippen molar-refractivity contribution in [2.24, 2.45) is 5.73 Å². The van der Waals surface area contributed by atoms with Gasteiger partial charge in [0, 0.05) is 12.6 Å². The van der Waals surface area contributed by atoms with Crippen molar-refractivity contribution in [2.45, 2.75) is 45.6 Å². The minimum atomic E-state index is -0.505. The lowest BCUT2D eigenvalue weighted by atomic mass is 10.1. The Balaban J connectivity index is 2.00. The van der Waals surface area contributed by atoms with E-state index in [0.717, 1.165) is 38.0 Å². The minimum absolute atomic E-state index is 0.283. The molecule has 2 N–H and O–H groups in total. The molecule has 0 aliphatic carbocycles. The van der Waals surface area contributed by atoms with Crippen molar-refractivity contribution in [1.29, 1.82) is 0 Å². The van der Waals surface area contributed by atoms with Gasteiger partial charge in [-0.3, -0.25) is 4.79 Å². The van der Waals surface area contributed by atoms with Crippen LogP contribution in [0.2, 0.25) is 0 Å². The summed E-state index contributed by atoms with van der Waals surface area (Å²) in [6, 6.07) is 3.85. The molecule has 2 aromatic rings. The van der Waals surface area contributed by atoms with Crippen LogP contribution in [0.15, 0.2) is 12.1 Å². The molecule has 0 saturated carbocycles. The second-order valence-corrected chi connectivity index (χ2v) is 6.63. The molecule has 3 rings (SSSR count). The molecular formula is C18H27N5O2. The van der Waals surface area contributed by atoms with E-state index in [0.29, 0.717) is 23.4 Å². The van der Waals surface area contributed by atoms with Crippen LogP contribution in [0.5, 0.6) is 5.75 Å². The van der Waals surface area contributed by atoms with Gasteiger partial charge in [-0.1, -0.05) is 25.5 Å². The maximum atomic E-state index is 11.7. The Morgan fingerprint density at radius 3 is 2.92 bits per heavy atom. The van der Waals surface area contributed by atoms with Crippen LogP contribution in [0, 0.1) is 0 Å². The summed E-state index contributed by atoms with van der Waals surface area (Å²) in [5.74, 6) is 0.0144. The summed E-state index contributed by atoms with van der Waals surface area (Å²) in [5, 5.41) is 8.65. The monoisotopic (exact) mass is 345 g/mol. The second-order valence-electron chi connectivity index (χ2n) is 6.63. The summed E-state index contributed by atoms with van der Waals surface area (Å²) >= 11 is 0. The first-order valence-electron chi connectivity index (χ1n) is 9.18. The predicted molar refractivity (Wildman–Crippen MR) is 96.8 cm³/mol. The third kappa shape index (κ3) is 3.76. The lowest BCUT2D eigenvalue weighted by molar-refractivity contribution is 0.0996. The molecular weight excluding hydrogens is 318 g/mol. The second kappa shape index (κ2) is 7.82. The van der Waals surface area contributed by atoms with Crippen LogP contribution in [0.4, 0.5) is 0 Å². The van der Waals surface area contributed by atoms with E-state index in [1.807, 2.05) is 17.7 Å². The highest BCUT2D eigenvalue weighted by Crippen LogP contribution is 2.29. The smallest absolute Gasteiger partial charge is 0.252 e. The number of hydrogen-bond acceptors (Lipinski definition) is 5. The number of fused-ring (bicyclic) bond motifs is 1. The number of ether oxygens (including phenoxy) is 1. The van der Waals surface area contributed by atoms with Gasteiger partial charge in [-0.2, -0.15) is 0 Å². The number of carbonyl (C=O) groups is 1. The Morgan fingerprint density at radius 2 is 2.20 bits per heavy atom. The van der Waals surface area contributed by atoms with E-state index < -0.39 is 5.91 Å². The molecule has 2 heterocycles. The average molecular weight is 345 g/mol. The molecule has 1 fully saturated rings. The van der Waals surface area contributed by atoms with Gasteiger partial charge in [-0.25, -0.2) is 4.68 Å². The number of nitrogens with two attached hydrogens (primary N) is 1. The molecule has 1 aromatic carbocycles. The fourth-order valence-electron chi connectivity index (χ4n) is 3.44. The zero-order valence-corrected chi connectivity index (χ0v) is 15.1. The molecule has 0 spiro atoms. The molecule has 1 atom stereocenters. The predicted octanol–water partition coefficient (Wildman–Crippen LogP) is 2.37. The van der Waals surface area contributed by atoms with Crippen molar-refractivity contribution >= 4 is 16.9 Å². The molecule has 0 bridgehead atoms. The van der Waals surface area contributed by atoms with Crippen LogP contribution < -0.4 is 10.5 Å². The van der Waals surface area contributed by atoms with Crippen LogP contribution in [-0.4, -0.2) is 52.0 Å². The number of benzene rings is 1. The van der Waals surface area contributed by atoms with E-state index in [4.69, 9.17) is 10.5 Å². The van der Waals surface area contributed by atoms with Crippen LogP contribution in [0.1, 0.15) is 55.9 Å². The Bertz CT molecular complexity index is 742. The quantitative estimate of drug-likeness (QED) is 0.868. The van der Waals surface area contributed by atoms with Crippen molar-refractivity contribution < 1.29 is 9.53 Å². The van der Waals surface area contributed by atoms with Crippen molar-refractivity contribution in [3.05, 3.63) is 17.7 Å². The number of rotatable bonds is 6. The minimum Gasteiger partial charge on any atom is -0.493 e. The fraction of sp³-hybridized carbons (Fsp3) is 0.611. The fourth-order valence-corrected chi connectivity index (χ4v) is 3.44. The number of amides is 1. The number of aromatic nitrogens is 3. The topological polar surface area (TPSA) is 86.3 Å². The summed E-state index contributed by atoms with van der Waals surface area (Å²) in [5.41, 5.74) is 7.46. The van der Waals surface area contributed by atoms with E-state index in [1.165, 1.54) is 12.8 Å². The van der Waals surface area contributed by atoms with Gasteiger partial charge in [0.25, 0.3) is 5.91 Å². The highest BCUT2D eigenvalue weighted by atomic mass is 16.5. The Labute approximate surface area is 148 Å². The number of likely N-dealkylation sites (N-methyl/N-ethyl adjacent to an activating group) is 1. The maximum Gasteiger partial charge on any atom is 0.252 e. The number of primary amides is 1. The molecule has 1 saturated heterocycles. The zero-order valence-electron chi connectivity index (χ0n) is 15.1. The molecule has 1 aromatic heterocycles. The van der Waals surface area contributed by atoms with E-state index in [9.17, 15) is 4.79 Å². The average Bonchev–Trinajstić information content (AvgIpc) is 2.87. The highest BCUT2D eigenvalue weighted by Gasteiger charge is 2.23. The molecule has 1 aliphatic heterocycles. The van der Waals surface area contributed by atoms with Gasteiger partial charge < -0.3 is 15.4 Å². The van der Waals surface area contributed by atoms with Gasteiger partial charge in [-0.15, -0.1) is 5.10 Å². The van der Waals surface area contributed by atoms with Gasteiger partial charge in [0.05, 0.1) is 23.7 Å². The number of likely N-dealkylation sites (tertiary alicyclic amines) is 1. The van der Waals surface area contributed by atoms with Gasteiger partial charge >= 0.3 is 0 Å². The molecule has 1 amide bonds. The van der Waals surface area contributed by atoms with Gasteiger partial charge in [0.1, 0.15) is 11.3 Å². The van der Waals surface area contributed by atoms with Crippen molar-refractivity contribution in [3.8, 4) is 5.75 Å². The van der Waals surface area contributed by atoms with Gasteiger partial charge in [-0.05, 0) is 38.4 Å². The standard InChI is InChI=1S/C18H27N5O2/c1-3-9-25-17-11-16-15(10-14(17)18(19)24)20-21-23(16)13-7-5-6-8-22(4-2)12-13/h10-11,13H,3-9,12H2,1-2H3,(H2,19,24). The third-order valence-corrected chi connectivity index (χ3v) is 4.82. The SMILES string of the molecule is CCCOc1cc2c(cc1C(N)=O)nnn2C1CCCCN(CC)C1. The van der Waals surface area contributed by atoms with Crippen molar-refractivity contribution in [1.82, 2.24) is 19.9 Å². The molecule has 136 valence electrons. The van der Waals surface area contributed by atoms with Crippen LogP contribution in [0.25, 0.3) is 11.0 Å². The normalized spacial score (nSPS) is 19.0.